The number of aryl methyl sites for hydroxylation is 2. The number of hydrogen-bond acceptors (Lipinski definition) is 5. The van der Waals surface area contributed by atoms with Crippen molar-refractivity contribution in [3.8, 4) is 17.5 Å². The largest absolute Gasteiger partial charge is 0.508 e. The van der Waals surface area contributed by atoms with E-state index < -0.39 is 5.92 Å². The summed E-state index contributed by atoms with van der Waals surface area (Å²) < 4.78 is 3.82. The molecule has 0 saturated heterocycles. The molecule has 4 heterocycles. The minimum atomic E-state index is -0.496. The SMILES string of the molecule is Oc1ccc(C(c2nc3n(c2O)CCCCC3)c2nc3n(c2O)CCCCC3)cc1. The van der Waals surface area contributed by atoms with Crippen molar-refractivity contribution in [2.45, 2.75) is 70.4 Å². The van der Waals surface area contributed by atoms with E-state index in [1.54, 1.807) is 12.1 Å². The Balaban J connectivity index is 1.67. The molecular weight excluding hydrogens is 380 g/mol. The molecule has 0 fully saturated rings. The van der Waals surface area contributed by atoms with Crippen LogP contribution < -0.4 is 0 Å². The highest BCUT2D eigenvalue weighted by atomic mass is 16.3. The van der Waals surface area contributed by atoms with Crippen LogP contribution in [-0.2, 0) is 25.9 Å². The smallest absolute Gasteiger partial charge is 0.215 e. The average Bonchev–Trinajstić information content (AvgIpc) is 3.02. The minimum absolute atomic E-state index is 0.160. The van der Waals surface area contributed by atoms with E-state index in [1.165, 1.54) is 0 Å². The maximum atomic E-state index is 11.1. The molecule has 3 aromatic rings. The molecule has 0 saturated carbocycles. The Labute approximate surface area is 175 Å². The predicted molar refractivity (Wildman–Crippen MR) is 112 cm³/mol. The third-order valence-electron chi connectivity index (χ3n) is 6.43. The number of hydrogen-bond donors (Lipinski definition) is 3. The third-order valence-corrected chi connectivity index (χ3v) is 6.43. The number of imidazole rings is 2. The molecule has 2 aliphatic heterocycles. The van der Waals surface area contributed by atoms with Gasteiger partial charge in [0.2, 0.25) is 11.8 Å². The maximum Gasteiger partial charge on any atom is 0.215 e. The lowest BCUT2D eigenvalue weighted by atomic mass is 9.92. The van der Waals surface area contributed by atoms with Crippen LogP contribution in [0.5, 0.6) is 17.5 Å². The lowest BCUT2D eigenvalue weighted by Gasteiger charge is -2.15. The van der Waals surface area contributed by atoms with Gasteiger partial charge in [-0.25, -0.2) is 9.97 Å². The van der Waals surface area contributed by atoms with Crippen LogP contribution in [0.25, 0.3) is 0 Å². The summed E-state index contributed by atoms with van der Waals surface area (Å²) in [5, 5.41) is 32.0. The molecule has 158 valence electrons. The van der Waals surface area contributed by atoms with Gasteiger partial charge in [-0.15, -0.1) is 0 Å². The summed E-state index contributed by atoms with van der Waals surface area (Å²) in [7, 11) is 0. The zero-order valence-corrected chi connectivity index (χ0v) is 17.1. The van der Waals surface area contributed by atoms with Crippen molar-refractivity contribution in [3.63, 3.8) is 0 Å². The summed E-state index contributed by atoms with van der Waals surface area (Å²) in [4.78, 5) is 9.68. The van der Waals surface area contributed by atoms with Crippen molar-refractivity contribution < 1.29 is 15.3 Å². The highest BCUT2D eigenvalue weighted by Gasteiger charge is 2.33. The Morgan fingerprint density at radius 1 is 0.667 bits per heavy atom. The summed E-state index contributed by atoms with van der Waals surface area (Å²) in [6, 6.07) is 6.87. The molecule has 0 unspecified atom stereocenters. The van der Waals surface area contributed by atoms with E-state index in [9.17, 15) is 15.3 Å². The van der Waals surface area contributed by atoms with Crippen molar-refractivity contribution in [1.29, 1.82) is 0 Å². The topological polar surface area (TPSA) is 96.3 Å². The van der Waals surface area contributed by atoms with Gasteiger partial charge in [-0.05, 0) is 43.4 Å². The molecule has 0 radical (unpaired) electrons. The van der Waals surface area contributed by atoms with Gasteiger partial charge in [0.05, 0.1) is 5.92 Å². The van der Waals surface area contributed by atoms with Gasteiger partial charge in [0.1, 0.15) is 28.8 Å². The molecule has 7 heteroatoms. The summed E-state index contributed by atoms with van der Waals surface area (Å²) in [6.07, 6.45) is 8.09. The molecule has 0 spiro atoms. The zero-order chi connectivity index (χ0) is 20.7. The average molecular weight is 409 g/mol. The molecule has 0 atom stereocenters. The summed E-state index contributed by atoms with van der Waals surface area (Å²) in [5.41, 5.74) is 1.89. The fourth-order valence-electron chi connectivity index (χ4n) is 4.83. The number of benzene rings is 1. The first-order valence-electron chi connectivity index (χ1n) is 11.0. The molecule has 5 rings (SSSR count). The van der Waals surface area contributed by atoms with Gasteiger partial charge in [0.25, 0.3) is 0 Å². The maximum absolute atomic E-state index is 11.1. The van der Waals surface area contributed by atoms with Crippen LogP contribution >= 0.6 is 0 Å². The summed E-state index contributed by atoms with van der Waals surface area (Å²) in [5.74, 6) is 1.78. The second-order valence-corrected chi connectivity index (χ2v) is 8.42. The van der Waals surface area contributed by atoms with E-state index in [2.05, 4.69) is 0 Å². The van der Waals surface area contributed by atoms with Gasteiger partial charge in [0, 0.05) is 25.9 Å². The molecule has 0 amide bonds. The highest BCUT2D eigenvalue weighted by Crippen LogP contribution is 2.42. The molecule has 7 nitrogen and oxygen atoms in total. The number of fused-ring (bicyclic) bond motifs is 2. The Bertz CT molecular complexity index is 989. The van der Waals surface area contributed by atoms with E-state index in [4.69, 9.17) is 9.97 Å². The summed E-state index contributed by atoms with van der Waals surface area (Å²) in [6.45, 7) is 1.50. The summed E-state index contributed by atoms with van der Waals surface area (Å²) >= 11 is 0. The van der Waals surface area contributed by atoms with Gasteiger partial charge < -0.3 is 15.3 Å². The van der Waals surface area contributed by atoms with Crippen molar-refractivity contribution >= 4 is 0 Å². The Morgan fingerprint density at radius 2 is 1.17 bits per heavy atom. The van der Waals surface area contributed by atoms with Gasteiger partial charge in [-0.2, -0.15) is 0 Å². The fraction of sp³-hybridized carbons (Fsp3) is 0.478. The third kappa shape index (κ3) is 3.22. The monoisotopic (exact) mass is 408 g/mol. The van der Waals surface area contributed by atoms with Crippen LogP contribution in [0.4, 0.5) is 0 Å². The fourth-order valence-corrected chi connectivity index (χ4v) is 4.83. The molecule has 30 heavy (non-hydrogen) atoms. The van der Waals surface area contributed by atoms with Crippen LogP contribution in [0.2, 0.25) is 0 Å². The van der Waals surface area contributed by atoms with Crippen LogP contribution in [0.1, 0.15) is 73.0 Å². The van der Waals surface area contributed by atoms with Gasteiger partial charge >= 0.3 is 0 Å². The number of phenols is 1. The van der Waals surface area contributed by atoms with E-state index in [0.717, 1.165) is 81.7 Å². The van der Waals surface area contributed by atoms with Crippen molar-refractivity contribution in [3.05, 3.63) is 52.9 Å². The first-order chi connectivity index (χ1) is 14.6. The Kier molecular flexibility index (Phi) is 4.89. The number of aromatic hydroxyl groups is 3. The van der Waals surface area contributed by atoms with E-state index >= 15 is 0 Å². The quantitative estimate of drug-likeness (QED) is 0.612. The zero-order valence-electron chi connectivity index (χ0n) is 17.1. The van der Waals surface area contributed by atoms with Crippen molar-refractivity contribution in [2.75, 3.05) is 0 Å². The lowest BCUT2D eigenvalue weighted by Crippen LogP contribution is -2.06. The highest BCUT2D eigenvalue weighted by molar-refractivity contribution is 5.47. The Morgan fingerprint density at radius 3 is 1.67 bits per heavy atom. The molecule has 3 N–H and O–H groups in total. The molecular formula is C23H28N4O3. The number of rotatable bonds is 3. The number of phenolic OH excluding ortho intramolecular Hbond substituents is 1. The minimum Gasteiger partial charge on any atom is -0.508 e. The molecule has 2 aliphatic rings. The molecule has 2 aromatic heterocycles. The van der Waals surface area contributed by atoms with Crippen LogP contribution in [0.15, 0.2) is 24.3 Å². The lowest BCUT2D eigenvalue weighted by molar-refractivity contribution is 0.399. The predicted octanol–water partition coefficient (Wildman–Crippen LogP) is 3.83. The normalized spacial score (nSPS) is 16.7. The first kappa shape index (κ1) is 19.0. The van der Waals surface area contributed by atoms with Crippen molar-refractivity contribution in [2.24, 2.45) is 0 Å². The van der Waals surface area contributed by atoms with E-state index in [1.807, 2.05) is 21.3 Å². The van der Waals surface area contributed by atoms with Crippen LogP contribution in [-0.4, -0.2) is 34.4 Å². The molecule has 1 aromatic carbocycles. The Hall–Kier alpha value is -2.96. The van der Waals surface area contributed by atoms with E-state index in [0.29, 0.717) is 11.4 Å². The van der Waals surface area contributed by atoms with Crippen LogP contribution in [0.3, 0.4) is 0 Å². The second kappa shape index (κ2) is 7.70. The number of aromatic nitrogens is 4. The second-order valence-electron chi connectivity index (χ2n) is 8.42. The molecule has 0 bridgehead atoms. The van der Waals surface area contributed by atoms with Gasteiger partial charge in [0.15, 0.2) is 0 Å². The molecule has 0 aliphatic carbocycles. The number of nitrogens with zero attached hydrogens (tertiary/aromatic N) is 4. The first-order valence-corrected chi connectivity index (χ1v) is 11.0. The standard InChI is InChI=1S/C23H28N4O3/c28-16-11-9-15(10-12-16)19(20-22(29)26-13-5-1-3-7-17(26)24-20)21-23(30)27-14-6-2-4-8-18(27)25-21/h9-12,19,28-30H,1-8,13-14H2. The van der Waals surface area contributed by atoms with Crippen LogP contribution in [0, 0.1) is 0 Å². The van der Waals surface area contributed by atoms with E-state index in [-0.39, 0.29) is 17.5 Å². The van der Waals surface area contributed by atoms with Gasteiger partial charge in [-0.3, -0.25) is 9.13 Å². The van der Waals surface area contributed by atoms with Gasteiger partial charge in [-0.1, -0.05) is 25.0 Å². The van der Waals surface area contributed by atoms with Crippen molar-refractivity contribution in [1.82, 2.24) is 19.1 Å².